The molecule has 2 aromatic heterocycles. The molecule has 1 unspecified atom stereocenters. The third-order valence-electron chi connectivity index (χ3n) is 2.75. The molecule has 0 saturated carbocycles. The highest BCUT2D eigenvalue weighted by molar-refractivity contribution is 7.91. The second-order valence-corrected chi connectivity index (χ2v) is 7.47. The topological polar surface area (TPSA) is 71.3 Å². The molecule has 2 aromatic rings. The van der Waals surface area contributed by atoms with E-state index in [-0.39, 0.29) is 0 Å². The maximum Gasteiger partial charge on any atom is 0.250 e. The first kappa shape index (κ1) is 15.2. The zero-order valence-corrected chi connectivity index (χ0v) is 13.1. The van der Waals surface area contributed by atoms with Gasteiger partial charge in [0.15, 0.2) is 0 Å². The SMILES string of the molecule is CCNCc1ccc(S(=O)(=O)NC(C)c2ccco2)s1. The van der Waals surface area contributed by atoms with E-state index in [9.17, 15) is 8.42 Å². The summed E-state index contributed by atoms with van der Waals surface area (Å²) >= 11 is 1.28. The minimum Gasteiger partial charge on any atom is -0.468 e. The molecular formula is C13H18N2O3S2. The lowest BCUT2D eigenvalue weighted by Crippen LogP contribution is -2.25. The number of nitrogens with one attached hydrogen (secondary N) is 2. The first-order valence-electron chi connectivity index (χ1n) is 6.38. The van der Waals surface area contributed by atoms with Crippen molar-refractivity contribution in [3.05, 3.63) is 41.2 Å². The van der Waals surface area contributed by atoms with Crippen molar-refractivity contribution in [2.45, 2.75) is 30.6 Å². The molecule has 1 atom stereocenters. The maximum absolute atomic E-state index is 12.3. The molecule has 0 amide bonds. The summed E-state index contributed by atoms with van der Waals surface area (Å²) in [4.78, 5) is 0.998. The van der Waals surface area contributed by atoms with E-state index in [0.717, 1.165) is 11.4 Å². The Morgan fingerprint density at radius 2 is 2.15 bits per heavy atom. The Labute approximate surface area is 123 Å². The van der Waals surface area contributed by atoms with Gasteiger partial charge in [0.25, 0.3) is 10.0 Å². The molecule has 2 heterocycles. The highest BCUT2D eigenvalue weighted by Gasteiger charge is 2.21. The zero-order chi connectivity index (χ0) is 14.6. The Balaban J connectivity index is 2.08. The molecule has 0 aliphatic heterocycles. The second kappa shape index (κ2) is 6.53. The lowest BCUT2D eigenvalue weighted by atomic mass is 10.3. The van der Waals surface area contributed by atoms with Crippen LogP contribution >= 0.6 is 11.3 Å². The summed E-state index contributed by atoms with van der Waals surface area (Å²) in [6.07, 6.45) is 1.53. The highest BCUT2D eigenvalue weighted by Crippen LogP contribution is 2.23. The van der Waals surface area contributed by atoms with Crippen molar-refractivity contribution in [2.24, 2.45) is 0 Å². The second-order valence-electron chi connectivity index (χ2n) is 4.36. The first-order valence-corrected chi connectivity index (χ1v) is 8.68. The molecule has 2 rings (SSSR count). The van der Waals surface area contributed by atoms with Crippen LogP contribution in [0.1, 0.15) is 30.5 Å². The Morgan fingerprint density at radius 1 is 1.35 bits per heavy atom. The molecule has 0 spiro atoms. The number of rotatable bonds is 7. The molecular weight excluding hydrogens is 296 g/mol. The van der Waals surface area contributed by atoms with E-state index in [2.05, 4.69) is 10.0 Å². The smallest absolute Gasteiger partial charge is 0.250 e. The molecule has 110 valence electrons. The lowest BCUT2D eigenvalue weighted by Gasteiger charge is -2.10. The molecule has 0 fully saturated rings. The highest BCUT2D eigenvalue weighted by atomic mass is 32.2. The third-order valence-corrected chi connectivity index (χ3v) is 5.87. The van der Waals surface area contributed by atoms with Crippen molar-refractivity contribution in [1.29, 1.82) is 0 Å². The van der Waals surface area contributed by atoms with Crippen molar-refractivity contribution in [1.82, 2.24) is 10.0 Å². The van der Waals surface area contributed by atoms with Gasteiger partial charge in [-0.1, -0.05) is 6.92 Å². The van der Waals surface area contributed by atoms with Gasteiger partial charge < -0.3 is 9.73 Å². The van der Waals surface area contributed by atoms with Crippen LogP contribution in [-0.2, 0) is 16.6 Å². The van der Waals surface area contributed by atoms with Gasteiger partial charge in [-0.05, 0) is 37.7 Å². The average Bonchev–Trinajstić information content (AvgIpc) is 3.07. The van der Waals surface area contributed by atoms with Crippen LogP contribution in [0.15, 0.2) is 39.2 Å². The predicted molar refractivity (Wildman–Crippen MR) is 79.1 cm³/mol. The van der Waals surface area contributed by atoms with E-state index >= 15 is 0 Å². The molecule has 7 heteroatoms. The van der Waals surface area contributed by atoms with Crippen molar-refractivity contribution < 1.29 is 12.8 Å². The zero-order valence-electron chi connectivity index (χ0n) is 11.4. The van der Waals surface area contributed by atoms with Gasteiger partial charge in [0.2, 0.25) is 0 Å². The summed E-state index contributed by atoms with van der Waals surface area (Å²) in [6.45, 7) is 5.31. The van der Waals surface area contributed by atoms with Gasteiger partial charge in [0.05, 0.1) is 12.3 Å². The van der Waals surface area contributed by atoms with E-state index in [1.807, 2.05) is 13.0 Å². The Morgan fingerprint density at radius 3 is 2.80 bits per heavy atom. The standard InChI is InChI=1S/C13H18N2O3S2/c1-3-14-9-11-6-7-13(19-11)20(16,17)15-10(2)12-5-4-8-18-12/h4-8,10,14-15H,3,9H2,1-2H3. The van der Waals surface area contributed by atoms with Gasteiger partial charge in [-0.25, -0.2) is 13.1 Å². The summed E-state index contributed by atoms with van der Waals surface area (Å²) in [5, 5.41) is 3.17. The molecule has 0 saturated heterocycles. The van der Waals surface area contributed by atoms with Crippen molar-refractivity contribution >= 4 is 21.4 Å². The number of furan rings is 1. The third kappa shape index (κ3) is 3.69. The molecule has 2 N–H and O–H groups in total. The molecule has 0 aromatic carbocycles. The number of hydrogen-bond donors (Lipinski definition) is 2. The van der Waals surface area contributed by atoms with Crippen LogP contribution < -0.4 is 10.0 Å². The van der Waals surface area contributed by atoms with E-state index in [1.165, 1.54) is 17.6 Å². The van der Waals surface area contributed by atoms with Crippen LogP contribution in [0.5, 0.6) is 0 Å². The normalized spacial score (nSPS) is 13.5. The largest absolute Gasteiger partial charge is 0.468 e. The van der Waals surface area contributed by atoms with Gasteiger partial charge in [-0.3, -0.25) is 0 Å². The fraction of sp³-hybridized carbons (Fsp3) is 0.385. The Hall–Kier alpha value is -1.15. The fourth-order valence-corrected chi connectivity index (χ4v) is 4.29. The van der Waals surface area contributed by atoms with E-state index < -0.39 is 16.1 Å². The van der Waals surface area contributed by atoms with Crippen molar-refractivity contribution in [3.8, 4) is 0 Å². The van der Waals surface area contributed by atoms with Gasteiger partial charge in [0, 0.05) is 11.4 Å². The van der Waals surface area contributed by atoms with Gasteiger partial charge in [-0.15, -0.1) is 11.3 Å². The summed E-state index contributed by atoms with van der Waals surface area (Å²) in [6, 6.07) is 6.56. The number of hydrogen-bond acceptors (Lipinski definition) is 5. The van der Waals surface area contributed by atoms with Crippen LogP contribution in [0.25, 0.3) is 0 Å². The Bertz CT molecular complexity index is 632. The summed E-state index contributed by atoms with van der Waals surface area (Å²) < 4.78 is 32.7. The summed E-state index contributed by atoms with van der Waals surface area (Å²) in [7, 11) is -3.51. The molecule has 20 heavy (non-hydrogen) atoms. The molecule has 0 radical (unpaired) electrons. The maximum atomic E-state index is 12.3. The molecule has 0 aliphatic carbocycles. The van der Waals surface area contributed by atoms with E-state index in [1.54, 1.807) is 25.1 Å². The van der Waals surface area contributed by atoms with Crippen LogP contribution in [0.2, 0.25) is 0 Å². The Kier molecular flexibility index (Phi) is 4.98. The van der Waals surface area contributed by atoms with Gasteiger partial charge in [-0.2, -0.15) is 0 Å². The van der Waals surface area contributed by atoms with Crippen molar-refractivity contribution in [3.63, 3.8) is 0 Å². The van der Waals surface area contributed by atoms with Gasteiger partial charge >= 0.3 is 0 Å². The summed E-state index contributed by atoms with van der Waals surface area (Å²) in [5.74, 6) is 0.595. The van der Waals surface area contributed by atoms with E-state index in [0.29, 0.717) is 16.5 Å². The molecule has 0 aliphatic rings. The van der Waals surface area contributed by atoms with Crippen molar-refractivity contribution in [2.75, 3.05) is 6.54 Å². The first-order chi connectivity index (χ1) is 9.53. The number of sulfonamides is 1. The average molecular weight is 314 g/mol. The van der Waals surface area contributed by atoms with Crippen LogP contribution in [0.3, 0.4) is 0 Å². The molecule has 0 bridgehead atoms. The number of thiophene rings is 1. The van der Waals surface area contributed by atoms with Crippen LogP contribution in [-0.4, -0.2) is 15.0 Å². The summed E-state index contributed by atoms with van der Waals surface area (Å²) in [5.41, 5.74) is 0. The monoisotopic (exact) mass is 314 g/mol. The quantitative estimate of drug-likeness (QED) is 0.823. The van der Waals surface area contributed by atoms with Gasteiger partial charge in [0.1, 0.15) is 9.97 Å². The lowest BCUT2D eigenvalue weighted by molar-refractivity contribution is 0.459. The minimum absolute atomic E-state index is 0.323. The van der Waals surface area contributed by atoms with Crippen LogP contribution in [0, 0.1) is 0 Å². The molecule has 5 nitrogen and oxygen atoms in total. The predicted octanol–water partition coefficient (Wildman–Crippen LogP) is 2.49. The van der Waals surface area contributed by atoms with E-state index in [4.69, 9.17) is 4.42 Å². The minimum atomic E-state index is -3.51. The fourth-order valence-electron chi connectivity index (χ4n) is 1.73. The van der Waals surface area contributed by atoms with Crippen LogP contribution in [0.4, 0.5) is 0 Å².